The third-order valence-electron chi connectivity index (χ3n) is 4.67. The summed E-state index contributed by atoms with van der Waals surface area (Å²) in [6, 6.07) is 0. The van der Waals surface area contributed by atoms with E-state index in [4.69, 9.17) is 9.84 Å². The molecule has 1 aliphatic heterocycles. The van der Waals surface area contributed by atoms with Crippen LogP contribution in [0.3, 0.4) is 0 Å². The van der Waals surface area contributed by atoms with E-state index in [0.717, 1.165) is 16.7 Å². The first kappa shape index (κ1) is 15.8. The average Bonchev–Trinajstić information content (AvgIpc) is 2.70. The molecule has 0 aromatic carbocycles. The van der Waals surface area contributed by atoms with Gasteiger partial charge in [0.1, 0.15) is 0 Å². The van der Waals surface area contributed by atoms with Crippen molar-refractivity contribution in [3.8, 4) is 0 Å². The maximum absolute atomic E-state index is 11.9. The van der Waals surface area contributed by atoms with Crippen LogP contribution in [0.1, 0.15) is 27.7 Å². The van der Waals surface area contributed by atoms with E-state index in [1.807, 2.05) is 27.7 Å². The fourth-order valence-electron chi connectivity index (χ4n) is 3.06. The van der Waals surface area contributed by atoms with Crippen LogP contribution in [0.2, 0.25) is 4.25 Å². The minimum absolute atomic E-state index is 0.444. The third kappa shape index (κ3) is 2.17. The fourth-order valence-corrected chi connectivity index (χ4v) is 8.64. The zero-order valence-electron chi connectivity index (χ0n) is 12.2. The molecule has 0 aromatic heterocycles. The van der Waals surface area contributed by atoms with Crippen molar-refractivity contribution < 1.29 is 24.9 Å². The maximum atomic E-state index is 11.9. The fraction of sp³-hybridized carbons (Fsp3) is 0.643. The molecule has 0 saturated carbocycles. The van der Waals surface area contributed by atoms with Gasteiger partial charge in [0.25, 0.3) is 0 Å². The Labute approximate surface area is 124 Å². The number of hydrogen-bond donors (Lipinski definition) is 3. The Morgan fingerprint density at radius 2 is 2.00 bits per heavy atom. The first-order chi connectivity index (χ1) is 9.15. The summed E-state index contributed by atoms with van der Waals surface area (Å²) in [5.41, 5.74) is 3.25. The Morgan fingerprint density at radius 3 is 2.40 bits per heavy atom. The normalized spacial score (nSPS) is 41.8. The first-order valence-electron chi connectivity index (χ1n) is 6.68. The molecule has 1 saturated heterocycles. The molecule has 1 aliphatic carbocycles. The zero-order chi connectivity index (χ0) is 15.3. The summed E-state index contributed by atoms with van der Waals surface area (Å²) in [5, 5.41) is 29.8. The second-order valence-electron chi connectivity index (χ2n) is 6.00. The van der Waals surface area contributed by atoms with E-state index in [9.17, 15) is 15.0 Å². The summed E-state index contributed by atoms with van der Waals surface area (Å²) < 4.78 is 2.62. The van der Waals surface area contributed by atoms with Gasteiger partial charge in [-0.15, -0.1) is 0 Å². The van der Waals surface area contributed by atoms with Gasteiger partial charge in [-0.25, -0.2) is 0 Å². The van der Waals surface area contributed by atoms with E-state index in [-0.39, 0.29) is 0 Å². The van der Waals surface area contributed by atoms with Crippen LogP contribution in [0.4, 0.5) is 0 Å². The molecule has 2 rings (SSSR count). The van der Waals surface area contributed by atoms with Crippen molar-refractivity contribution in [3.63, 3.8) is 0 Å². The van der Waals surface area contributed by atoms with Crippen molar-refractivity contribution in [1.29, 1.82) is 0 Å². The number of allylic oxidation sites excluding steroid dienone is 4. The minimum atomic E-state index is -2.08. The Balaban J connectivity index is 2.33. The van der Waals surface area contributed by atoms with Crippen LogP contribution in [0.5, 0.6) is 0 Å². The number of rotatable bonds is 3. The van der Waals surface area contributed by atoms with E-state index in [1.54, 1.807) is 0 Å². The predicted molar refractivity (Wildman–Crippen MR) is 75.6 cm³/mol. The van der Waals surface area contributed by atoms with Crippen LogP contribution in [0, 0.1) is 6.08 Å². The Morgan fingerprint density at radius 1 is 1.40 bits per heavy atom. The van der Waals surface area contributed by atoms with Crippen LogP contribution < -0.4 is 0 Å². The van der Waals surface area contributed by atoms with Crippen LogP contribution >= 0.6 is 0 Å². The summed E-state index contributed by atoms with van der Waals surface area (Å²) in [5.74, 6) is -0.804. The zero-order valence-corrected chi connectivity index (χ0v) is 15.2. The van der Waals surface area contributed by atoms with Gasteiger partial charge in [-0.05, 0) is 0 Å². The molecule has 3 N–H and O–H groups in total. The number of cyclic esters (lactones) is 1. The van der Waals surface area contributed by atoms with E-state index >= 15 is 0 Å². The number of esters is 1. The second-order valence-corrected chi connectivity index (χ2v) is 12.0. The van der Waals surface area contributed by atoms with Crippen molar-refractivity contribution in [1.82, 2.24) is 0 Å². The van der Waals surface area contributed by atoms with Gasteiger partial charge in [0, 0.05) is 0 Å². The number of carbonyl (C=O) groups excluding carboxylic acids is 1. The van der Waals surface area contributed by atoms with Gasteiger partial charge in [-0.2, -0.15) is 0 Å². The number of carbonyl (C=O) groups is 1. The summed E-state index contributed by atoms with van der Waals surface area (Å²) in [6.07, 6.45) is 0.957. The number of hydrogen-bond acceptors (Lipinski definition) is 5. The number of ether oxygens (including phenoxy) is 1. The van der Waals surface area contributed by atoms with Crippen LogP contribution in [0.25, 0.3) is 0 Å². The molecule has 0 spiro atoms. The molecule has 5 nitrogen and oxygen atoms in total. The van der Waals surface area contributed by atoms with Gasteiger partial charge in [0.15, 0.2) is 0 Å². The monoisotopic (exact) mass is 343 g/mol. The van der Waals surface area contributed by atoms with Crippen molar-refractivity contribution >= 4 is 21.4 Å². The molecule has 111 valence electrons. The van der Waals surface area contributed by atoms with Crippen molar-refractivity contribution in [2.45, 2.75) is 48.6 Å². The van der Waals surface area contributed by atoms with E-state index in [1.165, 1.54) is 0 Å². The molecular formula is C14H21GeO5. The van der Waals surface area contributed by atoms with Crippen LogP contribution in [-0.4, -0.2) is 60.0 Å². The van der Waals surface area contributed by atoms with Gasteiger partial charge < -0.3 is 0 Å². The Hall–Kier alpha value is -0.627. The molecule has 20 heavy (non-hydrogen) atoms. The molecule has 1 fully saturated rings. The molecule has 4 atom stereocenters. The molecule has 1 unspecified atom stereocenters. The summed E-state index contributed by atoms with van der Waals surface area (Å²) >= 11 is -2.08. The molecule has 6 heteroatoms. The Bertz CT molecular complexity index is 512. The quantitative estimate of drug-likeness (QED) is 0.471. The van der Waals surface area contributed by atoms with Gasteiger partial charge >= 0.3 is 124 Å². The molecule has 1 heterocycles. The van der Waals surface area contributed by atoms with Gasteiger partial charge in [0.05, 0.1) is 0 Å². The van der Waals surface area contributed by atoms with Gasteiger partial charge in [-0.1, -0.05) is 0 Å². The van der Waals surface area contributed by atoms with E-state index in [0.29, 0.717) is 0 Å². The van der Waals surface area contributed by atoms with Crippen molar-refractivity contribution in [2.75, 3.05) is 6.61 Å². The molecule has 1 radical (unpaired) electrons. The number of aliphatic hydroxyl groups is 3. The van der Waals surface area contributed by atoms with E-state index in [2.05, 4.69) is 6.08 Å². The Kier molecular flexibility index (Phi) is 3.92. The summed E-state index contributed by atoms with van der Waals surface area (Å²) in [4.78, 5) is 11.9. The first-order valence-corrected chi connectivity index (χ1v) is 9.65. The molecule has 0 aromatic rings. The SMILES string of the molecule is CC1=[C][C](C)([GeH2][C@@]2(O)C(=O)O[C@H](CO)[C@@H]2O)C(C)=C1C. The molecule has 0 amide bonds. The predicted octanol–water partition coefficient (Wildman–Crippen LogP) is -0.600. The van der Waals surface area contributed by atoms with Crippen molar-refractivity contribution in [3.05, 3.63) is 22.8 Å². The van der Waals surface area contributed by atoms with Crippen LogP contribution in [-0.2, 0) is 9.53 Å². The summed E-state index contributed by atoms with van der Waals surface area (Å²) in [6.45, 7) is 7.39. The average molecular weight is 342 g/mol. The van der Waals surface area contributed by atoms with Crippen LogP contribution in [0.15, 0.2) is 16.7 Å². The molecule has 2 aliphatic rings. The number of aliphatic hydroxyl groups excluding tert-OH is 2. The van der Waals surface area contributed by atoms with E-state index < -0.39 is 48.9 Å². The second kappa shape index (κ2) is 4.98. The van der Waals surface area contributed by atoms with Gasteiger partial charge in [-0.3, -0.25) is 0 Å². The molecule has 0 bridgehead atoms. The molecular weight excluding hydrogens is 321 g/mol. The topological polar surface area (TPSA) is 87.0 Å². The van der Waals surface area contributed by atoms with Gasteiger partial charge in [0.2, 0.25) is 0 Å². The standard InChI is InChI=1S/C14H21GeO5/c1-7-5-13(4,9(3)8(7)2)15-14(19)11(17)10(6-16)20-12(14)18/h10-11,16-17,19H,6,15H2,1-4H3/t10-,11+,13?,14+/m1/s1. The third-order valence-corrected chi connectivity index (χ3v) is 10.3. The van der Waals surface area contributed by atoms with Crippen molar-refractivity contribution in [2.24, 2.45) is 0 Å². The summed E-state index contributed by atoms with van der Waals surface area (Å²) in [7, 11) is 0.